The number of nitrogens with zero attached hydrogens (tertiary/aromatic N) is 2. The summed E-state index contributed by atoms with van der Waals surface area (Å²) in [5.41, 5.74) is 4.73. The van der Waals surface area contributed by atoms with Crippen LogP contribution in [-0.4, -0.2) is 21.8 Å². The van der Waals surface area contributed by atoms with Crippen LogP contribution in [0.15, 0.2) is 60.7 Å². The number of amides is 2. The number of anilines is 2. The molecule has 0 aliphatic rings. The minimum absolute atomic E-state index is 0.314. The van der Waals surface area contributed by atoms with E-state index in [1.807, 2.05) is 50.2 Å². The van der Waals surface area contributed by atoms with Crippen molar-refractivity contribution in [3.8, 4) is 0 Å². The number of hydrogen-bond donors (Lipinski definition) is 2. The summed E-state index contributed by atoms with van der Waals surface area (Å²) in [5, 5.41) is 6.71. The molecule has 2 N–H and O–H groups in total. The Kier molecular flexibility index (Phi) is 5.16. The van der Waals surface area contributed by atoms with E-state index < -0.39 is 0 Å². The molecule has 32 heavy (non-hydrogen) atoms. The molecule has 2 heterocycles. The molecule has 5 aromatic rings. The van der Waals surface area contributed by atoms with Gasteiger partial charge in [-0.15, -0.1) is 0 Å². The van der Waals surface area contributed by atoms with Crippen molar-refractivity contribution in [3.05, 3.63) is 82.9 Å². The fourth-order valence-corrected chi connectivity index (χ4v) is 5.23. The van der Waals surface area contributed by atoms with Gasteiger partial charge in [-0.3, -0.25) is 20.2 Å². The lowest BCUT2D eigenvalue weighted by Gasteiger charge is -2.05. The van der Waals surface area contributed by atoms with Crippen molar-refractivity contribution in [1.29, 1.82) is 0 Å². The molecule has 0 bridgehead atoms. The Morgan fingerprint density at radius 2 is 1.16 bits per heavy atom. The van der Waals surface area contributed by atoms with Crippen LogP contribution in [0.5, 0.6) is 0 Å². The van der Waals surface area contributed by atoms with Gasteiger partial charge in [-0.2, -0.15) is 0 Å². The van der Waals surface area contributed by atoms with Gasteiger partial charge < -0.3 is 0 Å². The van der Waals surface area contributed by atoms with Crippen LogP contribution in [0.3, 0.4) is 0 Å². The molecular weight excluding hydrogens is 440 g/mol. The van der Waals surface area contributed by atoms with E-state index in [0.717, 1.165) is 31.6 Å². The van der Waals surface area contributed by atoms with Crippen molar-refractivity contribution in [1.82, 2.24) is 9.97 Å². The molecule has 0 aliphatic heterocycles. The molecule has 0 radical (unpaired) electrons. The van der Waals surface area contributed by atoms with Gasteiger partial charge >= 0.3 is 0 Å². The van der Waals surface area contributed by atoms with E-state index in [2.05, 4.69) is 20.6 Å². The van der Waals surface area contributed by atoms with Gasteiger partial charge in [0, 0.05) is 11.1 Å². The molecule has 2 aromatic heterocycles. The smallest absolute Gasteiger partial charge is 0.257 e. The zero-order valence-electron chi connectivity index (χ0n) is 17.3. The number of rotatable bonds is 4. The lowest BCUT2D eigenvalue weighted by Crippen LogP contribution is -2.15. The highest BCUT2D eigenvalue weighted by Gasteiger charge is 2.14. The predicted octanol–water partition coefficient (Wildman–Crippen LogP) is 6.03. The fourth-order valence-electron chi connectivity index (χ4n) is 3.31. The van der Waals surface area contributed by atoms with Crippen molar-refractivity contribution < 1.29 is 9.59 Å². The third-order valence-corrected chi connectivity index (χ3v) is 6.78. The SMILES string of the molecule is Cc1ccc2nc(NC(=O)c3cccc(C(=O)Nc4nc5ccc(C)cc5s4)c3)sc2c1. The molecule has 158 valence electrons. The second-order valence-corrected chi connectivity index (χ2v) is 9.53. The second-order valence-electron chi connectivity index (χ2n) is 7.47. The van der Waals surface area contributed by atoms with Crippen LogP contribution in [-0.2, 0) is 0 Å². The molecule has 5 rings (SSSR count). The van der Waals surface area contributed by atoms with Crippen molar-refractivity contribution in [2.75, 3.05) is 10.6 Å². The van der Waals surface area contributed by atoms with Crippen molar-refractivity contribution in [3.63, 3.8) is 0 Å². The number of benzene rings is 3. The zero-order valence-corrected chi connectivity index (χ0v) is 18.9. The summed E-state index contributed by atoms with van der Waals surface area (Å²) in [6.45, 7) is 4.03. The summed E-state index contributed by atoms with van der Waals surface area (Å²) in [4.78, 5) is 34.4. The number of hydrogen-bond acceptors (Lipinski definition) is 6. The van der Waals surface area contributed by atoms with Crippen LogP contribution in [0.4, 0.5) is 10.3 Å². The Bertz CT molecular complexity index is 1390. The average Bonchev–Trinajstić information content (AvgIpc) is 3.35. The molecule has 0 saturated heterocycles. The molecule has 0 unspecified atom stereocenters. The quantitative estimate of drug-likeness (QED) is 0.344. The summed E-state index contributed by atoms with van der Waals surface area (Å²) in [6.07, 6.45) is 0. The monoisotopic (exact) mass is 458 g/mol. The molecule has 2 amide bonds. The van der Waals surface area contributed by atoms with Crippen LogP contribution in [0, 0.1) is 13.8 Å². The number of carbonyl (C=O) groups is 2. The molecule has 0 spiro atoms. The first kappa shape index (κ1) is 20.3. The van der Waals surface area contributed by atoms with Gasteiger partial charge in [-0.1, -0.05) is 40.9 Å². The van der Waals surface area contributed by atoms with E-state index in [4.69, 9.17) is 0 Å². The van der Waals surface area contributed by atoms with E-state index in [9.17, 15) is 9.59 Å². The maximum Gasteiger partial charge on any atom is 0.257 e. The lowest BCUT2D eigenvalue weighted by molar-refractivity contribution is 0.102. The molecule has 0 saturated carbocycles. The lowest BCUT2D eigenvalue weighted by atomic mass is 10.1. The van der Waals surface area contributed by atoms with Crippen LogP contribution >= 0.6 is 22.7 Å². The van der Waals surface area contributed by atoms with Crippen molar-refractivity contribution in [2.24, 2.45) is 0 Å². The third kappa shape index (κ3) is 4.10. The van der Waals surface area contributed by atoms with Gasteiger partial charge in [-0.25, -0.2) is 9.97 Å². The number of fused-ring (bicyclic) bond motifs is 2. The number of aromatic nitrogens is 2. The first-order valence-electron chi connectivity index (χ1n) is 9.92. The molecule has 0 fully saturated rings. The van der Waals surface area contributed by atoms with Crippen LogP contribution in [0.1, 0.15) is 31.8 Å². The predicted molar refractivity (Wildman–Crippen MR) is 131 cm³/mol. The van der Waals surface area contributed by atoms with E-state index in [-0.39, 0.29) is 11.8 Å². The maximum absolute atomic E-state index is 12.8. The summed E-state index contributed by atoms with van der Waals surface area (Å²) in [5.74, 6) is -0.628. The Balaban J connectivity index is 1.33. The number of carbonyl (C=O) groups excluding carboxylic acids is 2. The standard InChI is InChI=1S/C24H18N4O2S2/c1-13-6-8-17-19(10-13)31-23(25-17)27-21(29)15-4-3-5-16(12-15)22(30)28-24-26-18-9-7-14(2)11-20(18)32-24/h3-12H,1-2H3,(H,25,27,29)(H,26,28,30). The van der Waals surface area contributed by atoms with E-state index in [1.54, 1.807) is 24.3 Å². The van der Waals surface area contributed by atoms with Crippen molar-refractivity contribution in [2.45, 2.75) is 13.8 Å². The molecular formula is C24H18N4O2S2. The van der Waals surface area contributed by atoms with Gasteiger partial charge in [0.15, 0.2) is 10.3 Å². The normalized spacial score (nSPS) is 11.1. The topological polar surface area (TPSA) is 84.0 Å². The average molecular weight is 459 g/mol. The largest absolute Gasteiger partial charge is 0.298 e. The van der Waals surface area contributed by atoms with E-state index in [1.165, 1.54) is 22.7 Å². The van der Waals surface area contributed by atoms with Gasteiger partial charge in [0.05, 0.1) is 20.4 Å². The van der Waals surface area contributed by atoms with Crippen LogP contribution in [0.25, 0.3) is 20.4 Å². The molecule has 3 aromatic carbocycles. The Labute approximate surface area is 192 Å². The zero-order chi connectivity index (χ0) is 22.2. The molecule has 8 heteroatoms. The highest BCUT2D eigenvalue weighted by Crippen LogP contribution is 2.28. The highest BCUT2D eigenvalue weighted by atomic mass is 32.1. The first-order chi connectivity index (χ1) is 15.4. The summed E-state index contributed by atoms with van der Waals surface area (Å²) in [6, 6.07) is 18.5. The number of nitrogens with one attached hydrogen (secondary N) is 2. The van der Waals surface area contributed by atoms with Crippen LogP contribution < -0.4 is 10.6 Å². The van der Waals surface area contributed by atoms with Crippen molar-refractivity contribution >= 4 is 65.2 Å². The first-order valence-corrected chi connectivity index (χ1v) is 11.5. The minimum atomic E-state index is -0.314. The highest BCUT2D eigenvalue weighted by molar-refractivity contribution is 7.22. The summed E-state index contributed by atoms with van der Waals surface area (Å²) >= 11 is 2.84. The number of aryl methyl sites for hydroxylation is 2. The minimum Gasteiger partial charge on any atom is -0.298 e. The molecule has 0 atom stereocenters. The second kappa shape index (κ2) is 8.14. The van der Waals surface area contributed by atoms with Gasteiger partial charge in [0.2, 0.25) is 0 Å². The molecule has 0 aliphatic carbocycles. The Morgan fingerprint density at radius 1 is 0.688 bits per heavy atom. The summed E-state index contributed by atoms with van der Waals surface area (Å²) in [7, 11) is 0. The summed E-state index contributed by atoms with van der Waals surface area (Å²) < 4.78 is 2.03. The molecule has 6 nitrogen and oxygen atoms in total. The third-order valence-electron chi connectivity index (χ3n) is 4.92. The van der Waals surface area contributed by atoms with E-state index in [0.29, 0.717) is 21.4 Å². The van der Waals surface area contributed by atoms with Gasteiger partial charge in [0.1, 0.15) is 0 Å². The van der Waals surface area contributed by atoms with E-state index >= 15 is 0 Å². The Morgan fingerprint density at radius 3 is 1.62 bits per heavy atom. The van der Waals surface area contributed by atoms with Gasteiger partial charge in [-0.05, 0) is 67.4 Å². The fraction of sp³-hybridized carbons (Fsp3) is 0.0833. The Hall–Kier alpha value is -3.62. The van der Waals surface area contributed by atoms with Gasteiger partial charge in [0.25, 0.3) is 11.8 Å². The maximum atomic E-state index is 12.8. The number of thiazole rings is 2. The van der Waals surface area contributed by atoms with Crippen LogP contribution in [0.2, 0.25) is 0 Å².